The highest BCUT2D eigenvalue weighted by atomic mass is 32.2. The van der Waals surface area contributed by atoms with E-state index in [1.807, 2.05) is 61.5 Å². The average Bonchev–Trinajstić information content (AvgIpc) is 3.27. The maximum Gasteiger partial charge on any atom is 0.311 e. The van der Waals surface area contributed by atoms with Crippen LogP contribution in [-0.4, -0.2) is 69.1 Å². The fourth-order valence-electron chi connectivity index (χ4n) is 6.88. The molecule has 7 nitrogen and oxygen atoms in total. The number of thioether (sulfide) groups is 1. The summed E-state index contributed by atoms with van der Waals surface area (Å²) in [7, 11) is 0. The van der Waals surface area contributed by atoms with Crippen LogP contribution in [-0.2, 0) is 19.1 Å². The molecule has 2 fully saturated rings. The number of fused-ring (bicyclic) bond motifs is 3. The summed E-state index contributed by atoms with van der Waals surface area (Å²) in [4.78, 5) is 45.7. The SMILES string of the molecule is C[C@H](CO)N1C(=O)[C@@H]2[C@H]3C(=O)OCCCC/C=C\[C@@]3(C)S[C@@]23C=CCN(c2ccc4ccccc4c2)C(=O)C13. The lowest BCUT2D eigenvalue weighted by molar-refractivity contribution is -0.154. The zero-order valence-corrected chi connectivity index (χ0v) is 23.1. The van der Waals surface area contributed by atoms with Crippen molar-refractivity contribution in [2.45, 2.75) is 54.7 Å². The first-order chi connectivity index (χ1) is 18.8. The maximum absolute atomic E-state index is 14.6. The number of amides is 2. The Labute approximate surface area is 232 Å². The molecule has 204 valence electrons. The Balaban J connectivity index is 1.48. The number of cyclic esters (lactones) is 1. The maximum atomic E-state index is 14.6. The Morgan fingerprint density at radius 1 is 1.03 bits per heavy atom. The lowest BCUT2D eigenvalue weighted by Crippen LogP contribution is -2.56. The lowest BCUT2D eigenvalue weighted by atomic mass is 9.74. The number of benzene rings is 2. The van der Waals surface area contributed by atoms with E-state index in [0.29, 0.717) is 13.2 Å². The van der Waals surface area contributed by atoms with Gasteiger partial charge in [-0.05, 0) is 56.0 Å². The third-order valence-corrected chi connectivity index (χ3v) is 10.5. The second-order valence-corrected chi connectivity index (χ2v) is 13.0. The van der Waals surface area contributed by atoms with E-state index in [2.05, 4.69) is 12.2 Å². The fraction of sp³-hybridized carbons (Fsp3) is 0.452. The Hall–Kier alpha value is -3.10. The number of esters is 1. The van der Waals surface area contributed by atoms with E-state index in [1.165, 1.54) is 11.8 Å². The predicted molar refractivity (Wildman–Crippen MR) is 152 cm³/mol. The quantitative estimate of drug-likeness (QED) is 0.461. The number of aliphatic hydroxyl groups is 1. The molecule has 1 unspecified atom stereocenters. The molecule has 0 bridgehead atoms. The van der Waals surface area contributed by atoms with Crippen LogP contribution in [0.2, 0.25) is 0 Å². The van der Waals surface area contributed by atoms with Crippen LogP contribution in [0, 0.1) is 11.8 Å². The normalized spacial score (nSPS) is 34.2. The van der Waals surface area contributed by atoms with E-state index in [0.717, 1.165) is 35.7 Å². The number of carbonyl (C=O) groups is 3. The van der Waals surface area contributed by atoms with Gasteiger partial charge in [0, 0.05) is 17.0 Å². The van der Waals surface area contributed by atoms with Crippen LogP contribution < -0.4 is 4.90 Å². The van der Waals surface area contributed by atoms with Gasteiger partial charge in [0.15, 0.2) is 0 Å². The van der Waals surface area contributed by atoms with Crippen LogP contribution >= 0.6 is 11.8 Å². The minimum atomic E-state index is -0.972. The molecular formula is C31H34N2O5S. The predicted octanol–water partition coefficient (Wildman–Crippen LogP) is 4.09. The van der Waals surface area contributed by atoms with Crippen LogP contribution in [0.3, 0.4) is 0 Å². The molecule has 1 spiro atoms. The van der Waals surface area contributed by atoms with Gasteiger partial charge in [-0.1, -0.05) is 54.6 Å². The van der Waals surface area contributed by atoms with E-state index in [4.69, 9.17) is 4.74 Å². The molecule has 2 saturated heterocycles. The van der Waals surface area contributed by atoms with Crippen molar-refractivity contribution in [1.29, 1.82) is 0 Å². The second-order valence-electron chi connectivity index (χ2n) is 11.2. The zero-order valence-electron chi connectivity index (χ0n) is 22.3. The molecule has 4 aliphatic heterocycles. The molecule has 4 aliphatic rings. The molecule has 6 rings (SSSR count). The van der Waals surface area contributed by atoms with Crippen LogP contribution in [0.25, 0.3) is 10.8 Å². The molecule has 39 heavy (non-hydrogen) atoms. The van der Waals surface area contributed by atoms with E-state index < -0.39 is 33.4 Å². The molecule has 2 amide bonds. The highest BCUT2D eigenvalue weighted by Crippen LogP contribution is 2.65. The number of hydrogen-bond donors (Lipinski definition) is 1. The minimum Gasteiger partial charge on any atom is -0.465 e. The summed E-state index contributed by atoms with van der Waals surface area (Å²) in [5.41, 5.74) is 0.750. The van der Waals surface area contributed by atoms with Crippen molar-refractivity contribution >= 4 is 46.0 Å². The summed E-state index contributed by atoms with van der Waals surface area (Å²) in [5.74, 6) is -2.39. The molecule has 8 heteroatoms. The molecule has 2 aromatic rings. The van der Waals surface area contributed by atoms with Gasteiger partial charge in [0.05, 0.1) is 35.8 Å². The number of rotatable bonds is 3. The molecule has 0 aliphatic carbocycles. The third-order valence-electron chi connectivity index (χ3n) is 8.72. The number of carbonyl (C=O) groups excluding carboxylic acids is 3. The van der Waals surface area contributed by atoms with Gasteiger partial charge in [-0.2, -0.15) is 0 Å². The van der Waals surface area contributed by atoms with Gasteiger partial charge in [-0.25, -0.2) is 0 Å². The van der Waals surface area contributed by atoms with Crippen molar-refractivity contribution in [2.75, 3.05) is 24.7 Å². The molecule has 1 N–H and O–H groups in total. The number of likely N-dealkylation sites (tertiary alicyclic amines) is 1. The van der Waals surface area contributed by atoms with Gasteiger partial charge in [-0.15, -0.1) is 11.8 Å². The van der Waals surface area contributed by atoms with Gasteiger partial charge < -0.3 is 19.6 Å². The average molecular weight is 547 g/mol. The first kappa shape index (κ1) is 26.1. The van der Waals surface area contributed by atoms with Crippen LogP contribution in [0.5, 0.6) is 0 Å². The molecule has 0 radical (unpaired) electrons. The standard InChI is InChI=1S/C31H34N2O5S/c1-20(19-34)33-26-28(36)32(23-13-12-21-10-5-6-11-22(21)18-23)16-9-15-31(26)24(27(33)35)25-29(37)38-17-8-4-3-7-14-30(25,2)39-31/h5-7,9-15,18,20,24-26,34H,3-4,8,16-17,19H2,1-2H3/b14-7-/t20-,24+,25+,26?,30-,31+/m1/s1. The Morgan fingerprint density at radius 2 is 1.82 bits per heavy atom. The van der Waals surface area contributed by atoms with Crippen molar-refractivity contribution in [3.8, 4) is 0 Å². The minimum absolute atomic E-state index is 0.205. The Bertz CT molecular complexity index is 1390. The van der Waals surface area contributed by atoms with E-state index >= 15 is 0 Å². The smallest absolute Gasteiger partial charge is 0.311 e. The summed E-state index contributed by atoms with van der Waals surface area (Å²) in [6.45, 7) is 4.13. The van der Waals surface area contributed by atoms with Gasteiger partial charge in [-0.3, -0.25) is 14.4 Å². The number of hydrogen-bond acceptors (Lipinski definition) is 6. The van der Waals surface area contributed by atoms with E-state index in [1.54, 1.807) is 16.7 Å². The van der Waals surface area contributed by atoms with Gasteiger partial charge in [0.25, 0.3) is 5.91 Å². The highest BCUT2D eigenvalue weighted by molar-refractivity contribution is 8.02. The number of nitrogens with zero attached hydrogens (tertiary/aromatic N) is 2. The largest absolute Gasteiger partial charge is 0.465 e. The molecule has 2 aromatic carbocycles. The summed E-state index contributed by atoms with van der Waals surface area (Å²) < 4.78 is 4.03. The monoisotopic (exact) mass is 546 g/mol. The molecule has 0 saturated carbocycles. The Kier molecular flexibility index (Phi) is 6.58. The third kappa shape index (κ3) is 4.02. The first-order valence-electron chi connectivity index (χ1n) is 13.8. The summed E-state index contributed by atoms with van der Waals surface area (Å²) in [6.07, 6.45) is 10.7. The molecule has 4 heterocycles. The Morgan fingerprint density at radius 3 is 2.62 bits per heavy atom. The topological polar surface area (TPSA) is 87.2 Å². The lowest BCUT2D eigenvalue weighted by Gasteiger charge is -2.39. The zero-order chi connectivity index (χ0) is 27.4. The summed E-state index contributed by atoms with van der Waals surface area (Å²) in [5, 5.41) is 12.3. The van der Waals surface area contributed by atoms with Crippen LogP contribution in [0.4, 0.5) is 5.69 Å². The van der Waals surface area contributed by atoms with Crippen molar-refractivity contribution in [2.24, 2.45) is 11.8 Å². The van der Waals surface area contributed by atoms with Gasteiger partial charge >= 0.3 is 5.97 Å². The number of anilines is 1. The number of allylic oxidation sites excluding steroid dienone is 1. The molecule has 6 atom stereocenters. The van der Waals surface area contributed by atoms with Crippen molar-refractivity contribution in [1.82, 2.24) is 4.90 Å². The fourth-order valence-corrected chi connectivity index (χ4v) is 9.01. The van der Waals surface area contributed by atoms with Crippen LogP contribution in [0.15, 0.2) is 66.8 Å². The summed E-state index contributed by atoms with van der Waals surface area (Å²) >= 11 is 1.53. The highest BCUT2D eigenvalue weighted by Gasteiger charge is 2.74. The summed E-state index contributed by atoms with van der Waals surface area (Å²) in [6, 6.07) is 12.5. The van der Waals surface area contributed by atoms with E-state index in [-0.39, 0.29) is 24.4 Å². The molecule has 0 aromatic heterocycles. The van der Waals surface area contributed by atoms with Crippen LogP contribution in [0.1, 0.15) is 33.1 Å². The van der Waals surface area contributed by atoms with Gasteiger partial charge in [0.2, 0.25) is 5.91 Å². The molecular weight excluding hydrogens is 512 g/mol. The van der Waals surface area contributed by atoms with Crippen molar-refractivity contribution in [3.63, 3.8) is 0 Å². The van der Waals surface area contributed by atoms with E-state index in [9.17, 15) is 19.5 Å². The van der Waals surface area contributed by atoms with Gasteiger partial charge in [0.1, 0.15) is 6.04 Å². The first-order valence-corrected chi connectivity index (χ1v) is 14.6. The van der Waals surface area contributed by atoms with Crippen molar-refractivity contribution in [3.05, 3.63) is 66.8 Å². The number of aliphatic hydroxyl groups excluding tert-OH is 1. The number of ether oxygens (including phenoxy) is 1. The van der Waals surface area contributed by atoms with Crippen molar-refractivity contribution < 1.29 is 24.2 Å². The second kappa shape index (κ2) is 9.82.